The molecule has 1 N–H and O–H groups in total. The molecular weight excluding hydrogens is 627 g/mol. The SMILES string of the molecule is CC(=O)N/C(=C(\Cl)Sc1ccc(Cl)cc1)[P+](c1ccccc1)(c1ccccc1)c1ccccc1.[I-]. The number of carbonyl (C=O) groups is 1. The Hall–Kier alpha value is -1.82. The van der Waals surface area contributed by atoms with Crippen molar-refractivity contribution in [3.8, 4) is 0 Å². The summed E-state index contributed by atoms with van der Waals surface area (Å²) in [6.07, 6.45) is 0. The van der Waals surface area contributed by atoms with Gasteiger partial charge in [-0.1, -0.05) is 89.6 Å². The highest BCUT2D eigenvalue weighted by atomic mass is 127. The van der Waals surface area contributed by atoms with E-state index in [9.17, 15) is 4.79 Å². The van der Waals surface area contributed by atoms with Gasteiger partial charge >= 0.3 is 0 Å². The molecular formula is C28H23Cl2INOPS. The predicted molar refractivity (Wildman–Crippen MR) is 149 cm³/mol. The fourth-order valence-electron chi connectivity index (χ4n) is 3.88. The van der Waals surface area contributed by atoms with E-state index in [2.05, 4.69) is 41.7 Å². The molecule has 0 radical (unpaired) electrons. The Balaban J connectivity index is 0.00000342. The first-order valence-electron chi connectivity index (χ1n) is 10.7. The number of hydrogen-bond acceptors (Lipinski definition) is 2. The molecule has 4 aromatic carbocycles. The Kier molecular flexibility index (Phi) is 10.3. The van der Waals surface area contributed by atoms with Crippen molar-refractivity contribution in [2.45, 2.75) is 11.8 Å². The van der Waals surface area contributed by atoms with Crippen LogP contribution >= 0.6 is 42.2 Å². The average molecular weight is 650 g/mol. The number of nitrogens with one attached hydrogen (secondary N) is 1. The van der Waals surface area contributed by atoms with Gasteiger partial charge in [0.2, 0.25) is 11.3 Å². The zero-order valence-electron chi connectivity index (χ0n) is 18.9. The molecule has 35 heavy (non-hydrogen) atoms. The maximum absolute atomic E-state index is 12.6. The van der Waals surface area contributed by atoms with E-state index in [1.54, 1.807) is 0 Å². The summed E-state index contributed by atoms with van der Waals surface area (Å²) < 4.78 is 0.516. The van der Waals surface area contributed by atoms with Crippen LogP contribution in [0, 0.1) is 0 Å². The number of halogens is 3. The highest BCUT2D eigenvalue weighted by Crippen LogP contribution is 2.63. The summed E-state index contributed by atoms with van der Waals surface area (Å²) in [6, 6.07) is 38.4. The van der Waals surface area contributed by atoms with Gasteiger partial charge in [-0.25, -0.2) is 0 Å². The van der Waals surface area contributed by atoms with Gasteiger partial charge in [-0.2, -0.15) is 0 Å². The number of carbonyl (C=O) groups excluding carboxylic acids is 1. The predicted octanol–water partition coefficient (Wildman–Crippen LogP) is 3.93. The fraction of sp³-hybridized carbons (Fsp3) is 0.0357. The summed E-state index contributed by atoms with van der Waals surface area (Å²) in [6.45, 7) is 1.52. The molecule has 0 bridgehead atoms. The van der Waals surface area contributed by atoms with Gasteiger partial charge in [0.1, 0.15) is 20.3 Å². The average Bonchev–Trinajstić information content (AvgIpc) is 2.87. The molecule has 0 heterocycles. The second-order valence-electron chi connectivity index (χ2n) is 7.54. The van der Waals surface area contributed by atoms with Gasteiger partial charge in [0.25, 0.3) is 0 Å². The van der Waals surface area contributed by atoms with Crippen LogP contribution in [0.25, 0.3) is 0 Å². The highest BCUT2D eigenvalue weighted by molar-refractivity contribution is 8.06. The van der Waals surface area contributed by atoms with Crippen molar-refractivity contribution in [1.82, 2.24) is 5.32 Å². The normalized spacial score (nSPS) is 11.7. The van der Waals surface area contributed by atoms with E-state index in [0.29, 0.717) is 14.8 Å². The molecule has 4 rings (SSSR count). The zero-order valence-corrected chi connectivity index (χ0v) is 24.2. The molecule has 0 saturated carbocycles. The van der Waals surface area contributed by atoms with Crippen molar-refractivity contribution < 1.29 is 28.8 Å². The van der Waals surface area contributed by atoms with Gasteiger partial charge in [-0.15, -0.1) is 0 Å². The molecule has 0 aliphatic carbocycles. The zero-order chi connectivity index (χ0) is 24.0. The third-order valence-electron chi connectivity index (χ3n) is 5.27. The Bertz CT molecular complexity index is 1190. The molecule has 0 aliphatic heterocycles. The van der Waals surface area contributed by atoms with E-state index in [0.717, 1.165) is 20.8 Å². The molecule has 4 aromatic rings. The molecule has 0 aromatic heterocycles. The van der Waals surface area contributed by atoms with Gasteiger partial charge < -0.3 is 24.0 Å². The van der Waals surface area contributed by atoms with E-state index in [1.165, 1.54) is 18.7 Å². The maximum Gasteiger partial charge on any atom is 0.223 e. The molecule has 2 nitrogen and oxygen atoms in total. The van der Waals surface area contributed by atoms with E-state index in [1.807, 2.05) is 78.9 Å². The standard InChI is InChI=1S/C28H22Cl2NOPS.HI/c1-21(32)31-28(27(30)34-26-19-17-22(29)18-20-26)33(23-11-5-2-6-12-23,24-13-7-3-8-14-24)25-15-9-4-10-16-25;/h2-20H,1H3;1H/b28-27-;. The second-order valence-corrected chi connectivity index (χ2v) is 13.0. The van der Waals surface area contributed by atoms with Crippen molar-refractivity contribution in [3.63, 3.8) is 0 Å². The lowest BCUT2D eigenvalue weighted by Gasteiger charge is -2.29. The smallest absolute Gasteiger partial charge is 0.223 e. The number of rotatable bonds is 7. The third-order valence-corrected chi connectivity index (χ3v) is 11.3. The number of benzene rings is 4. The Morgan fingerprint density at radius 1 is 0.714 bits per heavy atom. The van der Waals surface area contributed by atoms with E-state index in [4.69, 9.17) is 23.2 Å². The number of hydrogen-bond donors (Lipinski definition) is 1. The molecule has 0 atom stereocenters. The van der Waals surface area contributed by atoms with Gasteiger partial charge in [-0.3, -0.25) is 10.1 Å². The van der Waals surface area contributed by atoms with Crippen LogP contribution in [0.2, 0.25) is 5.02 Å². The minimum Gasteiger partial charge on any atom is -1.00 e. The largest absolute Gasteiger partial charge is 1.00 e. The van der Waals surface area contributed by atoms with Crippen molar-refractivity contribution in [2.24, 2.45) is 0 Å². The monoisotopic (exact) mass is 649 g/mol. The second kappa shape index (κ2) is 12.9. The van der Waals surface area contributed by atoms with Crippen LogP contribution in [0.1, 0.15) is 6.92 Å². The van der Waals surface area contributed by atoms with Crippen LogP contribution in [0.4, 0.5) is 0 Å². The van der Waals surface area contributed by atoms with Crippen molar-refractivity contribution in [2.75, 3.05) is 0 Å². The summed E-state index contributed by atoms with van der Waals surface area (Å²) in [5, 5.41) is 7.13. The van der Waals surface area contributed by atoms with Crippen LogP contribution in [-0.4, -0.2) is 5.91 Å². The van der Waals surface area contributed by atoms with Crippen LogP contribution in [0.3, 0.4) is 0 Å². The van der Waals surface area contributed by atoms with Gasteiger partial charge in [-0.05, 0) is 60.7 Å². The first-order chi connectivity index (χ1) is 16.5. The van der Waals surface area contributed by atoms with Crippen molar-refractivity contribution in [1.29, 1.82) is 0 Å². The minimum atomic E-state index is -2.55. The number of thioether (sulfide) groups is 1. The van der Waals surface area contributed by atoms with Crippen LogP contribution < -0.4 is 45.2 Å². The topological polar surface area (TPSA) is 29.1 Å². The lowest BCUT2D eigenvalue weighted by atomic mass is 10.4. The molecule has 7 heteroatoms. The minimum absolute atomic E-state index is 0. The van der Waals surface area contributed by atoms with Crippen LogP contribution in [0.5, 0.6) is 0 Å². The van der Waals surface area contributed by atoms with Crippen molar-refractivity contribution in [3.05, 3.63) is 130 Å². The Labute approximate surface area is 238 Å². The van der Waals surface area contributed by atoms with Crippen LogP contribution in [0.15, 0.2) is 130 Å². The maximum atomic E-state index is 12.6. The molecule has 178 valence electrons. The third kappa shape index (κ3) is 6.31. The Morgan fingerprint density at radius 2 is 1.11 bits per heavy atom. The number of amides is 1. The summed E-state index contributed by atoms with van der Waals surface area (Å²) in [7, 11) is -2.55. The van der Waals surface area contributed by atoms with Crippen LogP contribution in [-0.2, 0) is 4.79 Å². The van der Waals surface area contributed by atoms with Gasteiger partial charge in [0.15, 0.2) is 7.26 Å². The van der Waals surface area contributed by atoms with E-state index >= 15 is 0 Å². The Morgan fingerprint density at radius 3 is 1.49 bits per heavy atom. The first kappa shape index (κ1) is 27.8. The highest BCUT2D eigenvalue weighted by Gasteiger charge is 2.52. The summed E-state index contributed by atoms with van der Waals surface area (Å²) in [5.74, 6) is -0.169. The summed E-state index contributed by atoms with van der Waals surface area (Å²) >= 11 is 14.6. The summed E-state index contributed by atoms with van der Waals surface area (Å²) in [4.78, 5) is 13.5. The molecule has 0 aliphatic rings. The lowest BCUT2D eigenvalue weighted by Crippen LogP contribution is -3.00. The van der Waals surface area contributed by atoms with E-state index in [-0.39, 0.29) is 29.9 Å². The lowest BCUT2D eigenvalue weighted by molar-refractivity contribution is -0.118. The van der Waals surface area contributed by atoms with Gasteiger partial charge in [0, 0.05) is 16.8 Å². The fourth-order valence-corrected chi connectivity index (χ4v) is 9.99. The van der Waals surface area contributed by atoms with Gasteiger partial charge in [0.05, 0.1) is 0 Å². The quantitative estimate of drug-likeness (QED) is 0.187. The molecule has 0 fully saturated rings. The molecule has 0 saturated heterocycles. The first-order valence-corrected chi connectivity index (χ1v) is 14.0. The summed E-state index contributed by atoms with van der Waals surface area (Å²) in [5.41, 5.74) is 0.713. The molecule has 1 amide bonds. The van der Waals surface area contributed by atoms with Crippen molar-refractivity contribution >= 4 is 64.0 Å². The molecule has 0 unspecified atom stereocenters. The van der Waals surface area contributed by atoms with E-state index < -0.39 is 7.26 Å². The molecule has 0 spiro atoms.